The van der Waals surface area contributed by atoms with E-state index in [2.05, 4.69) is 10.2 Å². The molecule has 0 saturated heterocycles. The number of hydrogen-bond donors (Lipinski definition) is 2. The maximum absolute atomic E-state index is 13.1. The Hall–Kier alpha value is -1.89. The fourth-order valence-electron chi connectivity index (χ4n) is 3.19. The third-order valence-electron chi connectivity index (χ3n) is 4.67. The van der Waals surface area contributed by atoms with Gasteiger partial charge in [0.05, 0.1) is 16.6 Å². The molecule has 124 valence electrons. The van der Waals surface area contributed by atoms with Crippen LogP contribution in [0, 0.1) is 0 Å². The highest BCUT2D eigenvalue weighted by atomic mass is 35.5. The van der Waals surface area contributed by atoms with Crippen molar-refractivity contribution in [1.29, 1.82) is 0 Å². The number of fused-ring (bicyclic) bond motifs is 1. The van der Waals surface area contributed by atoms with E-state index in [-0.39, 0.29) is 4.90 Å². The SMILES string of the molecule is O=S(=O)(c1ccccc1)C1(C(O)c2cc(Cl)cc3cn[nH]c23)CC1. The van der Waals surface area contributed by atoms with Gasteiger partial charge in [-0.1, -0.05) is 29.8 Å². The molecule has 4 rings (SSSR count). The highest BCUT2D eigenvalue weighted by Crippen LogP contribution is 2.55. The van der Waals surface area contributed by atoms with E-state index in [1.165, 1.54) is 0 Å². The summed E-state index contributed by atoms with van der Waals surface area (Å²) in [7, 11) is -3.67. The topological polar surface area (TPSA) is 83.1 Å². The minimum absolute atomic E-state index is 0.226. The van der Waals surface area contributed by atoms with Gasteiger partial charge < -0.3 is 5.11 Å². The van der Waals surface area contributed by atoms with Gasteiger partial charge in [-0.25, -0.2) is 8.42 Å². The van der Waals surface area contributed by atoms with Crippen LogP contribution in [-0.4, -0.2) is 28.5 Å². The van der Waals surface area contributed by atoms with E-state index in [0.717, 1.165) is 5.39 Å². The monoisotopic (exact) mass is 362 g/mol. The summed E-state index contributed by atoms with van der Waals surface area (Å²) < 4.78 is 24.9. The number of aromatic nitrogens is 2. The van der Waals surface area contributed by atoms with E-state index >= 15 is 0 Å². The number of hydrogen-bond acceptors (Lipinski definition) is 4. The molecule has 5 nitrogen and oxygen atoms in total. The van der Waals surface area contributed by atoms with Crippen LogP contribution in [0.25, 0.3) is 10.9 Å². The third kappa shape index (κ3) is 2.17. The maximum Gasteiger partial charge on any atom is 0.186 e. The summed E-state index contributed by atoms with van der Waals surface area (Å²) in [6, 6.07) is 11.6. The number of nitrogens with one attached hydrogen (secondary N) is 1. The minimum Gasteiger partial charge on any atom is -0.387 e. The minimum atomic E-state index is -3.67. The fraction of sp³-hybridized carbons (Fsp3) is 0.235. The van der Waals surface area contributed by atoms with Crippen LogP contribution in [0.5, 0.6) is 0 Å². The van der Waals surface area contributed by atoms with Crippen molar-refractivity contribution in [3.63, 3.8) is 0 Å². The molecule has 1 unspecified atom stereocenters. The molecule has 0 radical (unpaired) electrons. The predicted molar refractivity (Wildman–Crippen MR) is 91.7 cm³/mol. The van der Waals surface area contributed by atoms with Gasteiger partial charge in [-0.3, -0.25) is 5.10 Å². The molecule has 1 aliphatic carbocycles. The molecule has 1 heterocycles. The number of rotatable bonds is 4. The van der Waals surface area contributed by atoms with E-state index in [1.54, 1.807) is 48.7 Å². The molecule has 2 N–H and O–H groups in total. The molecular weight excluding hydrogens is 348 g/mol. The Labute approximate surface area is 144 Å². The second-order valence-corrected chi connectivity index (χ2v) is 8.84. The van der Waals surface area contributed by atoms with Gasteiger partial charge in [0.25, 0.3) is 0 Å². The van der Waals surface area contributed by atoms with Crippen molar-refractivity contribution in [3.05, 3.63) is 59.2 Å². The molecule has 1 saturated carbocycles. The first-order chi connectivity index (χ1) is 11.5. The first-order valence-corrected chi connectivity index (χ1v) is 9.42. The van der Waals surface area contributed by atoms with Crippen LogP contribution in [0.15, 0.2) is 53.6 Å². The van der Waals surface area contributed by atoms with Gasteiger partial charge in [0.2, 0.25) is 0 Å². The molecule has 1 atom stereocenters. The lowest BCUT2D eigenvalue weighted by Crippen LogP contribution is -2.31. The number of aliphatic hydroxyl groups excluding tert-OH is 1. The largest absolute Gasteiger partial charge is 0.387 e. The molecule has 3 aromatic rings. The van der Waals surface area contributed by atoms with Crippen molar-refractivity contribution in [2.45, 2.75) is 28.6 Å². The van der Waals surface area contributed by atoms with Crippen molar-refractivity contribution < 1.29 is 13.5 Å². The van der Waals surface area contributed by atoms with Crippen LogP contribution < -0.4 is 0 Å². The Morgan fingerprint density at radius 2 is 1.92 bits per heavy atom. The van der Waals surface area contributed by atoms with Crippen molar-refractivity contribution in [2.75, 3.05) is 0 Å². The normalized spacial score (nSPS) is 17.8. The second kappa shape index (κ2) is 5.31. The highest BCUT2D eigenvalue weighted by molar-refractivity contribution is 7.93. The molecule has 0 amide bonds. The number of sulfone groups is 1. The first-order valence-electron chi connectivity index (χ1n) is 7.56. The second-order valence-electron chi connectivity index (χ2n) is 6.11. The number of nitrogens with zero attached hydrogens (tertiary/aromatic N) is 1. The first kappa shape index (κ1) is 15.6. The van der Waals surface area contributed by atoms with Crippen molar-refractivity contribution >= 4 is 32.3 Å². The molecule has 1 fully saturated rings. The molecule has 0 aliphatic heterocycles. The van der Waals surface area contributed by atoms with E-state index < -0.39 is 20.7 Å². The average molecular weight is 363 g/mol. The Morgan fingerprint density at radius 1 is 1.21 bits per heavy atom. The Morgan fingerprint density at radius 3 is 2.58 bits per heavy atom. The Bertz CT molecular complexity index is 1010. The van der Waals surface area contributed by atoms with Gasteiger partial charge in [-0.15, -0.1) is 0 Å². The number of halogens is 1. The quantitative estimate of drug-likeness (QED) is 0.746. The van der Waals surface area contributed by atoms with E-state index in [4.69, 9.17) is 11.6 Å². The van der Waals surface area contributed by atoms with Gasteiger partial charge in [0, 0.05) is 16.0 Å². The lowest BCUT2D eigenvalue weighted by Gasteiger charge is -2.23. The molecule has 0 spiro atoms. The van der Waals surface area contributed by atoms with Gasteiger partial charge in [0.15, 0.2) is 9.84 Å². The summed E-state index contributed by atoms with van der Waals surface area (Å²) in [6.07, 6.45) is 1.24. The van der Waals surface area contributed by atoms with Crippen LogP contribution in [0.1, 0.15) is 24.5 Å². The lowest BCUT2D eigenvalue weighted by molar-refractivity contribution is 0.164. The van der Waals surface area contributed by atoms with Crippen LogP contribution in [0.4, 0.5) is 0 Å². The summed E-state index contributed by atoms with van der Waals surface area (Å²) in [6.45, 7) is 0. The summed E-state index contributed by atoms with van der Waals surface area (Å²) in [5, 5.41) is 18.9. The van der Waals surface area contributed by atoms with Crippen LogP contribution in [0.3, 0.4) is 0 Å². The summed E-state index contributed by atoms with van der Waals surface area (Å²) in [5.41, 5.74) is 1.08. The Balaban J connectivity index is 1.84. The smallest absolute Gasteiger partial charge is 0.186 e. The molecule has 2 aromatic carbocycles. The number of aliphatic hydroxyl groups is 1. The lowest BCUT2D eigenvalue weighted by atomic mass is 10.0. The summed E-state index contributed by atoms with van der Waals surface area (Å²) >= 11 is 6.12. The zero-order chi connectivity index (χ0) is 16.9. The molecular formula is C17H15ClN2O3S. The van der Waals surface area contributed by atoms with E-state index in [1.807, 2.05) is 0 Å². The summed E-state index contributed by atoms with van der Waals surface area (Å²) in [4.78, 5) is 0.226. The number of aromatic amines is 1. The average Bonchev–Trinajstić information content (AvgIpc) is 3.28. The van der Waals surface area contributed by atoms with Crippen LogP contribution >= 0.6 is 11.6 Å². The van der Waals surface area contributed by atoms with E-state index in [0.29, 0.717) is 28.9 Å². The zero-order valence-corrected chi connectivity index (χ0v) is 14.2. The van der Waals surface area contributed by atoms with Crippen molar-refractivity contribution in [1.82, 2.24) is 10.2 Å². The van der Waals surface area contributed by atoms with Crippen LogP contribution in [0.2, 0.25) is 5.02 Å². The molecule has 1 aromatic heterocycles. The zero-order valence-electron chi connectivity index (χ0n) is 12.6. The van der Waals surface area contributed by atoms with Gasteiger partial charge in [0.1, 0.15) is 10.9 Å². The van der Waals surface area contributed by atoms with E-state index in [9.17, 15) is 13.5 Å². The standard InChI is InChI=1S/C17H15ClN2O3S/c18-12-8-11-10-19-20-15(11)14(9-12)16(21)17(6-7-17)24(22,23)13-4-2-1-3-5-13/h1-5,8-10,16,21H,6-7H2,(H,19,20). The fourth-order valence-corrected chi connectivity index (χ4v) is 5.47. The van der Waals surface area contributed by atoms with Crippen molar-refractivity contribution in [3.8, 4) is 0 Å². The number of benzene rings is 2. The number of H-pyrrole nitrogens is 1. The van der Waals surface area contributed by atoms with Crippen molar-refractivity contribution in [2.24, 2.45) is 0 Å². The Kier molecular flexibility index (Phi) is 3.46. The van der Waals surface area contributed by atoms with Crippen LogP contribution in [-0.2, 0) is 9.84 Å². The highest BCUT2D eigenvalue weighted by Gasteiger charge is 2.60. The summed E-state index contributed by atoms with van der Waals surface area (Å²) in [5.74, 6) is 0. The maximum atomic E-state index is 13.1. The molecule has 1 aliphatic rings. The van der Waals surface area contributed by atoms with Gasteiger partial charge in [-0.2, -0.15) is 5.10 Å². The van der Waals surface area contributed by atoms with Gasteiger partial charge in [-0.05, 0) is 37.1 Å². The van der Waals surface area contributed by atoms with Gasteiger partial charge >= 0.3 is 0 Å². The third-order valence-corrected chi connectivity index (χ3v) is 7.48. The molecule has 24 heavy (non-hydrogen) atoms. The predicted octanol–water partition coefficient (Wildman–Crippen LogP) is 3.26. The molecule has 0 bridgehead atoms. The molecule has 7 heteroatoms.